The van der Waals surface area contributed by atoms with Gasteiger partial charge in [-0.3, -0.25) is 0 Å². The Kier molecular flexibility index (Phi) is 2.59. The largest absolute Gasteiger partial charge is 0.313 e. The first-order chi connectivity index (χ1) is 6.38. The molecule has 1 fully saturated rings. The van der Waals surface area contributed by atoms with Gasteiger partial charge in [0.05, 0.1) is 6.04 Å². The molecule has 1 aliphatic rings. The van der Waals surface area contributed by atoms with Crippen molar-refractivity contribution in [3.8, 4) is 0 Å². The van der Waals surface area contributed by atoms with Crippen LogP contribution in [0.25, 0.3) is 0 Å². The first-order valence-corrected chi connectivity index (χ1v) is 4.59. The second kappa shape index (κ2) is 3.87. The summed E-state index contributed by atoms with van der Waals surface area (Å²) in [6, 6.07) is 10.2. The van der Waals surface area contributed by atoms with E-state index in [1.165, 1.54) is 5.06 Å². The molecule has 0 radical (unpaired) electrons. The predicted octanol–water partition coefficient (Wildman–Crippen LogP) is 1.02. The predicted molar refractivity (Wildman–Crippen MR) is 50.5 cm³/mol. The Labute approximate surface area is 77.9 Å². The molecule has 1 aliphatic heterocycles. The fraction of sp³-hybridized carbons (Fsp3) is 0.400. The van der Waals surface area contributed by atoms with Crippen molar-refractivity contribution in [2.45, 2.75) is 6.04 Å². The average Bonchev–Trinajstić information content (AvgIpc) is 2.20. The van der Waals surface area contributed by atoms with Crippen molar-refractivity contribution in [1.29, 1.82) is 0 Å². The van der Waals surface area contributed by atoms with E-state index in [1.807, 2.05) is 30.3 Å². The molecule has 13 heavy (non-hydrogen) atoms. The molecule has 0 spiro atoms. The van der Waals surface area contributed by atoms with Gasteiger partial charge in [0.25, 0.3) is 0 Å². The van der Waals surface area contributed by atoms with Crippen molar-refractivity contribution < 1.29 is 5.21 Å². The van der Waals surface area contributed by atoms with Crippen molar-refractivity contribution in [3.05, 3.63) is 35.9 Å². The number of hydroxylamine groups is 2. The highest BCUT2D eigenvalue weighted by Crippen LogP contribution is 2.19. The highest BCUT2D eigenvalue weighted by atomic mass is 16.5. The maximum atomic E-state index is 9.62. The summed E-state index contributed by atoms with van der Waals surface area (Å²) < 4.78 is 0. The van der Waals surface area contributed by atoms with Gasteiger partial charge >= 0.3 is 0 Å². The molecule has 1 heterocycles. The third kappa shape index (κ3) is 1.88. The summed E-state index contributed by atoms with van der Waals surface area (Å²) in [7, 11) is 0. The first-order valence-electron chi connectivity index (χ1n) is 4.59. The van der Waals surface area contributed by atoms with E-state index < -0.39 is 0 Å². The molecule has 70 valence electrons. The highest BCUT2D eigenvalue weighted by Gasteiger charge is 2.21. The lowest BCUT2D eigenvalue weighted by Crippen LogP contribution is -2.44. The Hall–Kier alpha value is -0.900. The monoisotopic (exact) mass is 178 g/mol. The second-order valence-corrected chi connectivity index (χ2v) is 3.29. The van der Waals surface area contributed by atoms with Crippen molar-refractivity contribution in [3.63, 3.8) is 0 Å². The van der Waals surface area contributed by atoms with E-state index >= 15 is 0 Å². The third-order valence-corrected chi connectivity index (χ3v) is 2.40. The van der Waals surface area contributed by atoms with Crippen LogP contribution in [-0.4, -0.2) is 29.9 Å². The molecule has 1 atom stereocenters. The zero-order valence-electron chi connectivity index (χ0n) is 7.48. The van der Waals surface area contributed by atoms with Crippen LogP contribution in [0.2, 0.25) is 0 Å². The average molecular weight is 178 g/mol. The van der Waals surface area contributed by atoms with Crippen LogP contribution in [0, 0.1) is 0 Å². The number of nitrogens with zero attached hydrogens (tertiary/aromatic N) is 1. The van der Waals surface area contributed by atoms with Crippen LogP contribution in [0.1, 0.15) is 11.6 Å². The van der Waals surface area contributed by atoms with Gasteiger partial charge in [0.15, 0.2) is 0 Å². The molecule has 2 rings (SSSR count). The molecule has 1 aromatic carbocycles. The smallest absolute Gasteiger partial charge is 0.0724 e. The van der Waals surface area contributed by atoms with Gasteiger partial charge in [-0.25, -0.2) is 0 Å². The van der Waals surface area contributed by atoms with Gasteiger partial charge in [-0.05, 0) is 5.56 Å². The molecule has 2 N–H and O–H groups in total. The highest BCUT2D eigenvalue weighted by molar-refractivity contribution is 5.19. The van der Waals surface area contributed by atoms with Crippen LogP contribution >= 0.6 is 0 Å². The molecule has 0 aromatic heterocycles. The minimum atomic E-state index is 0.106. The molecule has 1 saturated heterocycles. The molecular weight excluding hydrogens is 164 g/mol. The van der Waals surface area contributed by atoms with Crippen molar-refractivity contribution >= 4 is 0 Å². The van der Waals surface area contributed by atoms with Crippen LogP contribution in [0.5, 0.6) is 0 Å². The van der Waals surface area contributed by atoms with Gasteiger partial charge in [-0.1, -0.05) is 30.3 Å². The Morgan fingerprint density at radius 3 is 2.77 bits per heavy atom. The van der Waals surface area contributed by atoms with Crippen LogP contribution in [0.4, 0.5) is 0 Å². The summed E-state index contributed by atoms with van der Waals surface area (Å²) in [6.45, 7) is 2.37. The van der Waals surface area contributed by atoms with E-state index in [2.05, 4.69) is 5.32 Å². The van der Waals surface area contributed by atoms with Gasteiger partial charge in [-0.15, -0.1) is 0 Å². The van der Waals surface area contributed by atoms with E-state index in [0.29, 0.717) is 6.54 Å². The molecule has 0 aliphatic carbocycles. The van der Waals surface area contributed by atoms with E-state index in [4.69, 9.17) is 0 Å². The molecule has 0 saturated carbocycles. The van der Waals surface area contributed by atoms with Gasteiger partial charge in [-0.2, -0.15) is 5.06 Å². The summed E-state index contributed by atoms with van der Waals surface area (Å²) in [5.74, 6) is 0. The maximum absolute atomic E-state index is 9.62. The normalized spacial score (nSPS) is 24.5. The summed E-state index contributed by atoms with van der Waals surface area (Å²) in [5.41, 5.74) is 1.16. The maximum Gasteiger partial charge on any atom is 0.0724 e. The molecule has 1 aromatic rings. The van der Waals surface area contributed by atoms with Crippen molar-refractivity contribution in [2.75, 3.05) is 19.6 Å². The van der Waals surface area contributed by atoms with E-state index in [0.717, 1.165) is 18.7 Å². The van der Waals surface area contributed by atoms with Gasteiger partial charge in [0, 0.05) is 19.6 Å². The quantitative estimate of drug-likeness (QED) is 0.674. The van der Waals surface area contributed by atoms with Crippen LogP contribution < -0.4 is 5.32 Å². The molecule has 1 unspecified atom stereocenters. The fourth-order valence-corrected chi connectivity index (χ4v) is 1.66. The minimum absolute atomic E-state index is 0.106. The zero-order valence-corrected chi connectivity index (χ0v) is 7.48. The minimum Gasteiger partial charge on any atom is -0.313 e. The Morgan fingerprint density at radius 2 is 2.08 bits per heavy atom. The lowest BCUT2D eigenvalue weighted by Gasteiger charge is -2.31. The SMILES string of the molecule is ON1CCNCC1c1ccccc1. The molecule has 3 heteroatoms. The molecule has 0 amide bonds. The number of nitrogens with one attached hydrogen (secondary N) is 1. The number of piperazine rings is 1. The van der Waals surface area contributed by atoms with Crippen molar-refractivity contribution in [2.24, 2.45) is 0 Å². The van der Waals surface area contributed by atoms with Gasteiger partial charge in [0.2, 0.25) is 0 Å². The van der Waals surface area contributed by atoms with Crippen molar-refractivity contribution in [1.82, 2.24) is 10.4 Å². The number of hydrogen-bond acceptors (Lipinski definition) is 3. The second-order valence-electron chi connectivity index (χ2n) is 3.29. The summed E-state index contributed by atoms with van der Waals surface area (Å²) >= 11 is 0. The van der Waals surface area contributed by atoms with Crippen LogP contribution in [-0.2, 0) is 0 Å². The molecular formula is C10H14N2O. The zero-order chi connectivity index (χ0) is 9.10. The van der Waals surface area contributed by atoms with Crippen LogP contribution in [0.15, 0.2) is 30.3 Å². The standard InChI is InChI=1S/C10H14N2O/c13-12-7-6-11-8-10(12)9-4-2-1-3-5-9/h1-5,10-11,13H,6-8H2. The van der Waals surface area contributed by atoms with Gasteiger partial charge in [0.1, 0.15) is 0 Å². The summed E-state index contributed by atoms with van der Waals surface area (Å²) in [6.07, 6.45) is 0. The fourth-order valence-electron chi connectivity index (χ4n) is 1.66. The van der Waals surface area contributed by atoms with E-state index in [1.54, 1.807) is 0 Å². The number of hydrogen-bond donors (Lipinski definition) is 2. The Bertz CT molecular complexity index is 263. The van der Waals surface area contributed by atoms with E-state index in [9.17, 15) is 5.21 Å². The molecule has 0 bridgehead atoms. The third-order valence-electron chi connectivity index (χ3n) is 2.40. The summed E-state index contributed by atoms with van der Waals surface area (Å²) in [5, 5.41) is 14.3. The Balaban J connectivity index is 2.15. The summed E-state index contributed by atoms with van der Waals surface area (Å²) in [4.78, 5) is 0. The van der Waals surface area contributed by atoms with Gasteiger partial charge < -0.3 is 10.5 Å². The number of rotatable bonds is 1. The van der Waals surface area contributed by atoms with Crippen LogP contribution in [0.3, 0.4) is 0 Å². The lowest BCUT2D eigenvalue weighted by atomic mass is 10.1. The van der Waals surface area contributed by atoms with E-state index in [-0.39, 0.29) is 6.04 Å². The molecule has 3 nitrogen and oxygen atoms in total. The Morgan fingerprint density at radius 1 is 1.31 bits per heavy atom. The topological polar surface area (TPSA) is 35.5 Å². The lowest BCUT2D eigenvalue weighted by molar-refractivity contribution is -0.137. The number of benzene rings is 1. The first kappa shape index (κ1) is 8.69.